The Morgan fingerprint density at radius 3 is 2.96 bits per heavy atom. The van der Waals surface area contributed by atoms with Crippen LogP contribution < -0.4 is 5.32 Å². The summed E-state index contributed by atoms with van der Waals surface area (Å²) in [7, 11) is 1.97. The molecule has 2 aromatic rings. The van der Waals surface area contributed by atoms with Gasteiger partial charge in [-0.05, 0) is 25.8 Å². The highest BCUT2D eigenvalue weighted by Crippen LogP contribution is 2.26. The van der Waals surface area contributed by atoms with Crippen molar-refractivity contribution in [1.82, 2.24) is 25.0 Å². The molecule has 25 heavy (non-hydrogen) atoms. The summed E-state index contributed by atoms with van der Waals surface area (Å²) in [5.41, 5.74) is 2.47. The number of hydrogen-bond donors (Lipinski definition) is 1. The summed E-state index contributed by atoms with van der Waals surface area (Å²) in [6, 6.07) is 0. The second-order valence-corrected chi connectivity index (χ2v) is 7.28. The average Bonchev–Trinajstić information content (AvgIpc) is 3.27. The van der Waals surface area contributed by atoms with Gasteiger partial charge in [0.05, 0.1) is 16.9 Å². The van der Waals surface area contributed by atoms with Crippen LogP contribution in [-0.4, -0.2) is 51.8 Å². The molecule has 138 valence electrons. The molecule has 3 rings (SSSR count). The molecule has 0 amide bonds. The van der Waals surface area contributed by atoms with E-state index < -0.39 is 0 Å². The van der Waals surface area contributed by atoms with Crippen LogP contribution in [0.3, 0.4) is 0 Å². The Hall–Kier alpha value is -1.16. The van der Waals surface area contributed by atoms with E-state index in [2.05, 4.69) is 38.8 Å². The van der Waals surface area contributed by atoms with Crippen LogP contribution in [0.4, 0.5) is 0 Å². The van der Waals surface area contributed by atoms with E-state index in [0.717, 1.165) is 55.7 Å². The molecule has 1 aliphatic heterocycles. The van der Waals surface area contributed by atoms with Gasteiger partial charge in [0.15, 0.2) is 5.96 Å². The molecule has 3 heterocycles. The maximum atomic E-state index is 4.81. The number of nitrogens with one attached hydrogen (secondary N) is 1. The van der Waals surface area contributed by atoms with Gasteiger partial charge < -0.3 is 10.2 Å². The number of likely N-dealkylation sites (tertiary alicyclic amines) is 1. The minimum Gasteiger partial charge on any atom is -0.357 e. The highest BCUT2D eigenvalue weighted by Gasteiger charge is 2.26. The third-order valence-electron chi connectivity index (χ3n) is 4.32. The number of aromatic nitrogens is 3. The summed E-state index contributed by atoms with van der Waals surface area (Å²) in [6.45, 7) is 7.88. The summed E-state index contributed by atoms with van der Waals surface area (Å²) in [5.74, 6) is 1.57. The second-order valence-electron chi connectivity index (χ2n) is 6.22. The van der Waals surface area contributed by atoms with E-state index in [-0.39, 0.29) is 24.0 Å². The molecule has 1 fully saturated rings. The normalized spacial score (nSPS) is 17.6. The number of rotatable bonds is 5. The Morgan fingerprint density at radius 2 is 2.32 bits per heavy atom. The second kappa shape index (κ2) is 9.51. The van der Waals surface area contributed by atoms with E-state index in [4.69, 9.17) is 4.99 Å². The fraction of sp³-hybridized carbons (Fsp3) is 0.588. The van der Waals surface area contributed by atoms with Crippen molar-refractivity contribution in [3.05, 3.63) is 34.0 Å². The summed E-state index contributed by atoms with van der Waals surface area (Å²) in [4.78, 5) is 11.7. The van der Waals surface area contributed by atoms with Crippen LogP contribution in [-0.2, 0) is 13.5 Å². The molecule has 0 aliphatic carbocycles. The molecule has 0 spiro atoms. The molecule has 1 aliphatic rings. The number of halogens is 1. The fourth-order valence-corrected chi connectivity index (χ4v) is 3.75. The highest BCUT2D eigenvalue weighted by molar-refractivity contribution is 14.0. The van der Waals surface area contributed by atoms with Crippen molar-refractivity contribution in [2.75, 3.05) is 26.2 Å². The molecule has 8 heteroatoms. The molecule has 1 saturated heterocycles. The maximum Gasteiger partial charge on any atom is 0.193 e. The van der Waals surface area contributed by atoms with Gasteiger partial charge in [0.1, 0.15) is 0 Å². The number of nitrogens with zero attached hydrogens (tertiary/aromatic N) is 5. The zero-order chi connectivity index (χ0) is 16.9. The first-order valence-corrected chi connectivity index (χ1v) is 9.46. The smallest absolute Gasteiger partial charge is 0.193 e. The van der Waals surface area contributed by atoms with Crippen LogP contribution in [0.5, 0.6) is 0 Å². The van der Waals surface area contributed by atoms with E-state index in [0.29, 0.717) is 5.92 Å². The van der Waals surface area contributed by atoms with Crippen molar-refractivity contribution in [1.29, 1.82) is 0 Å². The number of guanidine groups is 1. The number of hydrogen-bond acceptors (Lipinski definition) is 4. The predicted molar refractivity (Wildman–Crippen MR) is 114 cm³/mol. The van der Waals surface area contributed by atoms with Crippen molar-refractivity contribution in [3.8, 4) is 0 Å². The minimum atomic E-state index is 0. The van der Waals surface area contributed by atoms with Crippen molar-refractivity contribution < 1.29 is 0 Å². The van der Waals surface area contributed by atoms with Gasteiger partial charge in [0.2, 0.25) is 0 Å². The lowest BCUT2D eigenvalue weighted by atomic mass is 10.0. The lowest BCUT2D eigenvalue weighted by Crippen LogP contribution is -2.40. The Labute approximate surface area is 170 Å². The summed E-state index contributed by atoms with van der Waals surface area (Å²) < 4.78 is 1.88. The molecular formula is C17H27IN6S. The Kier molecular flexibility index (Phi) is 7.67. The van der Waals surface area contributed by atoms with Crippen LogP contribution in [0.2, 0.25) is 0 Å². The Morgan fingerprint density at radius 1 is 1.48 bits per heavy atom. The SMILES string of the molecule is CCNC(=NCCc1csc(C)n1)N1CCC(c2cnn(C)c2)C1.I. The zero-order valence-corrected chi connectivity index (χ0v) is 18.3. The minimum absolute atomic E-state index is 0. The maximum absolute atomic E-state index is 4.81. The molecular weight excluding hydrogens is 447 g/mol. The molecule has 0 saturated carbocycles. The first kappa shape index (κ1) is 20.2. The molecule has 1 atom stereocenters. The summed E-state index contributed by atoms with van der Waals surface area (Å²) in [5, 5.41) is 11.0. The molecule has 0 bridgehead atoms. The van der Waals surface area contributed by atoms with Crippen molar-refractivity contribution in [2.45, 2.75) is 32.6 Å². The number of thiazole rings is 1. The molecule has 2 aromatic heterocycles. The van der Waals surface area contributed by atoms with E-state index in [1.54, 1.807) is 11.3 Å². The van der Waals surface area contributed by atoms with Gasteiger partial charge in [-0.15, -0.1) is 35.3 Å². The Balaban J connectivity index is 0.00000225. The van der Waals surface area contributed by atoms with Crippen LogP contribution in [0.1, 0.15) is 35.5 Å². The first-order chi connectivity index (χ1) is 11.7. The monoisotopic (exact) mass is 474 g/mol. The lowest BCUT2D eigenvalue weighted by Gasteiger charge is -2.21. The van der Waals surface area contributed by atoms with Crippen LogP contribution in [0, 0.1) is 6.92 Å². The van der Waals surface area contributed by atoms with Gasteiger partial charge in [-0.2, -0.15) is 5.10 Å². The lowest BCUT2D eigenvalue weighted by molar-refractivity contribution is 0.486. The van der Waals surface area contributed by atoms with E-state index in [1.165, 1.54) is 5.56 Å². The molecule has 0 aromatic carbocycles. The van der Waals surface area contributed by atoms with Gasteiger partial charge in [-0.3, -0.25) is 9.67 Å². The van der Waals surface area contributed by atoms with Crippen molar-refractivity contribution in [2.24, 2.45) is 12.0 Å². The molecule has 1 N–H and O–H groups in total. The Bertz CT molecular complexity index is 695. The van der Waals surface area contributed by atoms with Gasteiger partial charge >= 0.3 is 0 Å². The van der Waals surface area contributed by atoms with E-state index >= 15 is 0 Å². The number of aryl methyl sites for hydroxylation is 2. The van der Waals surface area contributed by atoms with Gasteiger partial charge in [0.25, 0.3) is 0 Å². The van der Waals surface area contributed by atoms with Gasteiger partial charge in [-0.25, -0.2) is 4.98 Å². The highest BCUT2D eigenvalue weighted by atomic mass is 127. The standard InChI is InChI=1S/C17H26N6S.HI/c1-4-18-17(19-7-5-16-12-24-13(2)21-16)23-8-6-14(11-23)15-9-20-22(3)10-15;/h9-10,12,14H,4-8,11H2,1-3H3,(H,18,19);1H. The van der Waals surface area contributed by atoms with Crippen LogP contribution in [0.25, 0.3) is 0 Å². The van der Waals surface area contributed by atoms with E-state index in [9.17, 15) is 0 Å². The molecule has 1 unspecified atom stereocenters. The quantitative estimate of drug-likeness (QED) is 0.412. The number of aliphatic imine (C=N–C) groups is 1. The van der Waals surface area contributed by atoms with Crippen LogP contribution >= 0.6 is 35.3 Å². The fourth-order valence-electron chi connectivity index (χ4n) is 3.10. The summed E-state index contributed by atoms with van der Waals surface area (Å²) >= 11 is 1.71. The predicted octanol–water partition coefficient (Wildman–Crippen LogP) is 2.80. The topological polar surface area (TPSA) is 58.3 Å². The third-order valence-corrected chi connectivity index (χ3v) is 5.14. The summed E-state index contributed by atoms with van der Waals surface area (Å²) in [6.07, 6.45) is 6.17. The van der Waals surface area contributed by atoms with Gasteiger partial charge in [0, 0.05) is 57.1 Å². The molecule has 0 radical (unpaired) electrons. The first-order valence-electron chi connectivity index (χ1n) is 8.58. The van der Waals surface area contributed by atoms with E-state index in [1.807, 2.05) is 24.9 Å². The van der Waals surface area contributed by atoms with Crippen molar-refractivity contribution >= 4 is 41.3 Å². The van der Waals surface area contributed by atoms with Crippen molar-refractivity contribution in [3.63, 3.8) is 0 Å². The zero-order valence-electron chi connectivity index (χ0n) is 15.1. The van der Waals surface area contributed by atoms with Gasteiger partial charge in [-0.1, -0.05) is 0 Å². The molecule has 6 nitrogen and oxygen atoms in total. The third kappa shape index (κ3) is 5.40. The largest absolute Gasteiger partial charge is 0.357 e. The average molecular weight is 474 g/mol. The van der Waals surface area contributed by atoms with Crippen LogP contribution in [0.15, 0.2) is 22.8 Å².